The van der Waals surface area contributed by atoms with Crippen molar-refractivity contribution in [3.05, 3.63) is 77.4 Å². The fourth-order valence-corrected chi connectivity index (χ4v) is 4.65. The molecule has 4 rings (SSSR count). The fraction of sp³-hybridized carbons (Fsp3) is 0.355. The number of nitrogens with one attached hydrogen (secondary N) is 1. The molecule has 0 radical (unpaired) electrons. The normalized spacial score (nSPS) is 12.2. The zero-order valence-electron chi connectivity index (χ0n) is 24.2. The van der Waals surface area contributed by atoms with Crippen molar-refractivity contribution in [2.45, 2.75) is 59.2 Å². The topological polar surface area (TPSA) is 98.6 Å². The molecule has 0 fully saturated rings. The molecule has 1 N–H and O–H groups in total. The molecule has 1 atom stereocenters. The molecule has 3 aromatic carbocycles. The number of anilines is 1. The number of methoxy groups -OCH3 is 2. The molecule has 2 amide bonds. The van der Waals surface area contributed by atoms with Crippen molar-refractivity contribution in [2.24, 2.45) is 0 Å². The van der Waals surface area contributed by atoms with Crippen LogP contribution in [0.5, 0.6) is 11.5 Å². The van der Waals surface area contributed by atoms with Crippen LogP contribution in [0, 0.1) is 13.8 Å². The maximum Gasteiger partial charge on any atom is 0.249 e. The number of aryl methyl sites for hydroxylation is 2. The predicted octanol–water partition coefficient (Wildman–Crippen LogP) is 5.14. The Labute approximate surface area is 235 Å². The highest BCUT2D eigenvalue weighted by molar-refractivity contribution is 6.02. The van der Waals surface area contributed by atoms with Gasteiger partial charge < -0.3 is 14.8 Å². The van der Waals surface area contributed by atoms with Crippen LogP contribution in [0.25, 0.3) is 11.0 Å². The summed E-state index contributed by atoms with van der Waals surface area (Å²) < 4.78 is 12.9. The first-order chi connectivity index (χ1) is 19.1. The number of ether oxygens (including phenoxy) is 2. The number of hydrogen-bond acceptors (Lipinski definition) is 6. The summed E-state index contributed by atoms with van der Waals surface area (Å²) in [6.45, 7) is 9.67. The Kier molecular flexibility index (Phi) is 8.42. The van der Waals surface area contributed by atoms with Crippen LogP contribution < -0.4 is 19.7 Å². The number of aromatic nitrogens is 3. The monoisotopic (exact) mass is 543 g/mol. The van der Waals surface area contributed by atoms with Crippen LogP contribution in [0.3, 0.4) is 0 Å². The molecule has 0 aliphatic heterocycles. The van der Waals surface area contributed by atoms with Crippen molar-refractivity contribution >= 4 is 28.5 Å². The van der Waals surface area contributed by atoms with E-state index in [-0.39, 0.29) is 18.4 Å². The number of amides is 2. The first-order valence-electron chi connectivity index (χ1n) is 13.3. The average molecular weight is 544 g/mol. The maximum atomic E-state index is 14.4. The minimum atomic E-state index is -1.07. The lowest BCUT2D eigenvalue weighted by Gasteiger charge is -2.36. The van der Waals surface area contributed by atoms with Crippen LogP contribution >= 0.6 is 0 Å². The van der Waals surface area contributed by atoms with Gasteiger partial charge in [-0.1, -0.05) is 48.5 Å². The van der Waals surface area contributed by atoms with Crippen LogP contribution in [-0.2, 0) is 16.1 Å². The van der Waals surface area contributed by atoms with E-state index in [1.165, 1.54) is 7.11 Å². The molecule has 9 nitrogen and oxygen atoms in total. The highest BCUT2D eigenvalue weighted by Gasteiger charge is 2.38. The molecular weight excluding hydrogens is 506 g/mol. The van der Waals surface area contributed by atoms with Crippen molar-refractivity contribution < 1.29 is 19.1 Å². The molecular formula is C31H37N5O4. The molecule has 9 heteroatoms. The number of nitrogens with zero attached hydrogens (tertiary/aromatic N) is 4. The van der Waals surface area contributed by atoms with Crippen molar-refractivity contribution in [3.63, 3.8) is 0 Å². The van der Waals surface area contributed by atoms with E-state index in [4.69, 9.17) is 9.47 Å². The number of carbonyl (C=O) groups is 2. The van der Waals surface area contributed by atoms with Crippen molar-refractivity contribution in [1.82, 2.24) is 20.3 Å². The third-order valence-corrected chi connectivity index (χ3v) is 7.18. The minimum absolute atomic E-state index is 0.124. The smallest absolute Gasteiger partial charge is 0.249 e. The van der Waals surface area contributed by atoms with Crippen LogP contribution in [0.4, 0.5) is 5.69 Å². The summed E-state index contributed by atoms with van der Waals surface area (Å²) in [4.78, 5) is 30.2. The van der Waals surface area contributed by atoms with E-state index in [1.54, 1.807) is 34.9 Å². The van der Waals surface area contributed by atoms with Gasteiger partial charge in [0.1, 0.15) is 18.1 Å². The second-order valence-corrected chi connectivity index (χ2v) is 10.5. The molecule has 1 aromatic heterocycles. The van der Waals surface area contributed by atoms with Crippen LogP contribution in [0.2, 0.25) is 0 Å². The van der Waals surface area contributed by atoms with Gasteiger partial charge in [-0.3, -0.25) is 14.5 Å². The quantitative estimate of drug-likeness (QED) is 0.297. The lowest BCUT2D eigenvalue weighted by molar-refractivity contribution is -0.128. The molecule has 0 bridgehead atoms. The standard InChI is InChI=1S/C31H37N5O4/c1-8-31(4,5)32-30(38)28(22-12-11-15-26(39-6)29(22)40-7)36(25-18-20(2)16-17-21(25)3)27(37)19-35-24-14-10-9-13-23(24)33-34-35/h9-18,28H,8,19H2,1-7H3,(H,32,38)/t28-/m1/s1. The summed E-state index contributed by atoms with van der Waals surface area (Å²) in [7, 11) is 3.07. The summed E-state index contributed by atoms with van der Waals surface area (Å²) >= 11 is 0. The highest BCUT2D eigenvalue weighted by atomic mass is 16.5. The van der Waals surface area contributed by atoms with Crippen LogP contribution in [0.1, 0.15) is 49.9 Å². The van der Waals surface area contributed by atoms with Gasteiger partial charge in [0.15, 0.2) is 11.5 Å². The van der Waals surface area contributed by atoms with Crippen LogP contribution in [0.15, 0.2) is 60.7 Å². The second-order valence-electron chi connectivity index (χ2n) is 10.5. The zero-order valence-corrected chi connectivity index (χ0v) is 24.2. The van der Waals surface area contributed by atoms with E-state index >= 15 is 0 Å². The van der Waals surface area contributed by atoms with E-state index < -0.39 is 11.6 Å². The second kappa shape index (κ2) is 11.8. The third-order valence-electron chi connectivity index (χ3n) is 7.18. The molecule has 210 valence electrons. The first-order valence-corrected chi connectivity index (χ1v) is 13.3. The summed E-state index contributed by atoms with van der Waals surface area (Å²) in [5.74, 6) is 0.178. The molecule has 1 heterocycles. The molecule has 0 spiro atoms. The van der Waals surface area contributed by atoms with Gasteiger partial charge in [0, 0.05) is 16.8 Å². The Balaban J connectivity index is 1.94. The summed E-state index contributed by atoms with van der Waals surface area (Å²) in [6, 6.07) is 17.6. The van der Waals surface area contributed by atoms with Crippen molar-refractivity contribution in [1.29, 1.82) is 0 Å². The van der Waals surface area contributed by atoms with Gasteiger partial charge in [-0.2, -0.15) is 0 Å². The Morgan fingerprint density at radius 2 is 1.77 bits per heavy atom. The molecule has 0 unspecified atom stereocenters. The number of carbonyl (C=O) groups excluding carboxylic acids is 2. The fourth-order valence-electron chi connectivity index (χ4n) is 4.65. The van der Waals surface area contributed by atoms with Gasteiger partial charge in [0.2, 0.25) is 11.8 Å². The Morgan fingerprint density at radius 3 is 2.48 bits per heavy atom. The van der Waals surface area contributed by atoms with Crippen molar-refractivity contribution in [2.75, 3.05) is 19.1 Å². The molecule has 0 aliphatic carbocycles. The maximum absolute atomic E-state index is 14.4. The number of rotatable bonds is 10. The van der Waals surface area contributed by atoms with E-state index in [0.29, 0.717) is 34.7 Å². The molecule has 40 heavy (non-hydrogen) atoms. The average Bonchev–Trinajstić information content (AvgIpc) is 3.34. The van der Waals surface area contributed by atoms with E-state index in [1.807, 2.05) is 77.1 Å². The number of para-hydroxylation sites is 2. The van der Waals surface area contributed by atoms with Gasteiger partial charge in [-0.15, -0.1) is 5.10 Å². The van der Waals surface area contributed by atoms with Crippen LogP contribution in [-0.4, -0.2) is 46.6 Å². The lowest BCUT2D eigenvalue weighted by atomic mass is 9.96. The largest absolute Gasteiger partial charge is 0.493 e. The summed E-state index contributed by atoms with van der Waals surface area (Å²) in [6.07, 6.45) is 0.697. The molecule has 0 saturated carbocycles. The van der Waals surface area contributed by atoms with Gasteiger partial charge in [0.25, 0.3) is 0 Å². The lowest BCUT2D eigenvalue weighted by Crippen LogP contribution is -2.51. The zero-order chi connectivity index (χ0) is 29.0. The van der Waals surface area contributed by atoms with Gasteiger partial charge in [-0.05, 0) is 69.5 Å². The molecule has 0 saturated heterocycles. The number of fused-ring (bicyclic) bond motifs is 1. The predicted molar refractivity (Wildman–Crippen MR) is 156 cm³/mol. The Morgan fingerprint density at radius 1 is 1.02 bits per heavy atom. The summed E-state index contributed by atoms with van der Waals surface area (Å²) in [5, 5.41) is 11.6. The number of hydrogen-bond donors (Lipinski definition) is 1. The van der Waals surface area contributed by atoms with E-state index in [0.717, 1.165) is 16.6 Å². The van der Waals surface area contributed by atoms with Gasteiger partial charge in [-0.25, -0.2) is 4.68 Å². The van der Waals surface area contributed by atoms with E-state index in [9.17, 15) is 9.59 Å². The van der Waals surface area contributed by atoms with E-state index in [2.05, 4.69) is 15.6 Å². The first kappa shape index (κ1) is 28.6. The Hall–Kier alpha value is -4.40. The molecule has 4 aromatic rings. The minimum Gasteiger partial charge on any atom is -0.493 e. The third kappa shape index (κ3) is 5.78. The highest BCUT2D eigenvalue weighted by Crippen LogP contribution is 2.40. The van der Waals surface area contributed by atoms with Gasteiger partial charge in [0.05, 0.1) is 19.7 Å². The van der Waals surface area contributed by atoms with Gasteiger partial charge >= 0.3 is 0 Å². The number of benzene rings is 3. The Bertz CT molecular complexity index is 1530. The SMILES string of the molecule is CCC(C)(C)NC(=O)[C@@H](c1cccc(OC)c1OC)N(C(=O)Cn1nnc2ccccc21)c1cc(C)ccc1C. The van der Waals surface area contributed by atoms with Crippen molar-refractivity contribution in [3.8, 4) is 11.5 Å². The summed E-state index contributed by atoms with van der Waals surface area (Å²) in [5.41, 5.74) is 3.82. The molecule has 0 aliphatic rings.